The first-order valence-corrected chi connectivity index (χ1v) is 13.7. The lowest BCUT2D eigenvalue weighted by molar-refractivity contribution is -0.122. The number of amides is 1. The van der Waals surface area contributed by atoms with Crippen LogP contribution in [0.15, 0.2) is 42.7 Å². The van der Waals surface area contributed by atoms with Gasteiger partial charge >= 0.3 is 0 Å². The Morgan fingerprint density at radius 1 is 1.03 bits per heavy atom. The van der Waals surface area contributed by atoms with Crippen LogP contribution in [0.2, 0.25) is 10.0 Å². The average molecular weight is 574 g/mol. The van der Waals surface area contributed by atoms with Crippen LogP contribution in [-0.2, 0) is 17.6 Å². The molecule has 2 N–H and O–H groups in total. The van der Waals surface area contributed by atoms with E-state index in [1.165, 1.54) is 0 Å². The van der Waals surface area contributed by atoms with E-state index < -0.39 is 0 Å². The van der Waals surface area contributed by atoms with Gasteiger partial charge in [-0.3, -0.25) is 4.79 Å². The van der Waals surface area contributed by atoms with E-state index in [1.807, 2.05) is 24.3 Å². The summed E-state index contributed by atoms with van der Waals surface area (Å²) in [5.41, 5.74) is 2.68. The molecule has 0 spiro atoms. The molecule has 4 rings (SSSR count). The number of hydrogen-bond acceptors (Lipinski definition) is 7. The van der Waals surface area contributed by atoms with Crippen LogP contribution in [0.5, 0.6) is 17.2 Å². The highest BCUT2D eigenvalue weighted by molar-refractivity contribution is 6.42. The molecule has 0 bridgehead atoms. The standard InChI is InChI=1S/C29H34Cl2N4O4/c1-37-25-13-20(14-26(38-2)29(25)39-3)21-16-33-27(34-17-21)8-9-28(36)35-24(19-5-4-10-32-15-19)12-18-6-7-22(30)23(31)11-18/h6-7,11,13-14,16-17,19,24,32H,4-5,8-10,12,15H2,1-3H3,(H,35,36). The van der Waals surface area contributed by atoms with E-state index >= 15 is 0 Å². The topological polar surface area (TPSA) is 94.6 Å². The molecule has 2 atom stereocenters. The molecule has 2 aromatic carbocycles. The predicted molar refractivity (Wildman–Crippen MR) is 153 cm³/mol. The van der Waals surface area contributed by atoms with E-state index in [2.05, 4.69) is 20.6 Å². The van der Waals surface area contributed by atoms with Crippen molar-refractivity contribution in [1.29, 1.82) is 0 Å². The van der Waals surface area contributed by atoms with Gasteiger partial charge in [0, 0.05) is 36.8 Å². The van der Waals surface area contributed by atoms with Crippen molar-refractivity contribution in [3.8, 4) is 28.4 Å². The third-order valence-electron chi connectivity index (χ3n) is 6.97. The Bertz CT molecular complexity index is 1240. The maximum atomic E-state index is 13.0. The van der Waals surface area contributed by atoms with Gasteiger partial charge in [0.15, 0.2) is 11.5 Å². The van der Waals surface area contributed by atoms with Crippen LogP contribution in [0.4, 0.5) is 0 Å². The van der Waals surface area contributed by atoms with Crippen LogP contribution in [0, 0.1) is 5.92 Å². The van der Waals surface area contributed by atoms with Crippen LogP contribution in [0.3, 0.4) is 0 Å². The van der Waals surface area contributed by atoms with Gasteiger partial charge in [0.05, 0.1) is 31.4 Å². The highest BCUT2D eigenvalue weighted by Crippen LogP contribution is 2.41. The van der Waals surface area contributed by atoms with Crippen molar-refractivity contribution in [2.75, 3.05) is 34.4 Å². The van der Waals surface area contributed by atoms with Gasteiger partial charge in [-0.2, -0.15) is 0 Å². The lowest BCUT2D eigenvalue weighted by atomic mass is 9.87. The molecule has 208 valence electrons. The summed E-state index contributed by atoms with van der Waals surface area (Å²) in [7, 11) is 4.72. The first-order chi connectivity index (χ1) is 18.9. The number of nitrogens with one attached hydrogen (secondary N) is 2. The molecule has 8 nitrogen and oxygen atoms in total. The van der Waals surface area contributed by atoms with E-state index in [-0.39, 0.29) is 11.9 Å². The number of aromatic nitrogens is 2. The van der Waals surface area contributed by atoms with Crippen LogP contribution in [-0.4, -0.2) is 56.3 Å². The van der Waals surface area contributed by atoms with Gasteiger partial charge < -0.3 is 24.8 Å². The number of carbonyl (C=O) groups is 1. The van der Waals surface area contributed by atoms with Crippen molar-refractivity contribution in [3.63, 3.8) is 0 Å². The predicted octanol–water partition coefficient (Wildman–Crippen LogP) is 5.14. The molecule has 3 aromatic rings. The van der Waals surface area contributed by atoms with E-state index in [1.54, 1.807) is 39.8 Å². The third kappa shape index (κ3) is 7.53. The van der Waals surface area contributed by atoms with Crippen LogP contribution >= 0.6 is 23.2 Å². The SMILES string of the molecule is COc1cc(-c2cnc(CCC(=O)NC(Cc3ccc(Cl)c(Cl)c3)C3CCCNC3)nc2)cc(OC)c1OC. The number of ether oxygens (including phenoxy) is 3. The Kier molecular flexibility index (Phi) is 10.3. The first-order valence-electron chi connectivity index (χ1n) is 13.0. The first kappa shape index (κ1) is 28.9. The van der Waals surface area contributed by atoms with E-state index in [0.717, 1.165) is 42.6 Å². The van der Waals surface area contributed by atoms with Crippen molar-refractivity contribution in [1.82, 2.24) is 20.6 Å². The summed E-state index contributed by atoms with van der Waals surface area (Å²) in [6.45, 7) is 1.88. The van der Waals surface area contributed by atoms with Crippen LogP contribution in [0.25, 0.3) is 11.1 Å². The summed E-state index contributed by atoms with van der Waals surface area (Å²) >= 11 is 12.3. The van der Waals surface area contributed by atoms with Gasteiger partial charge in [0.25, 0.3) is 0 Å². The van der Waals surface area contributed by atoms with Gasteiger partial charge in [0.2, 0.25) is 11.7 Å². The minimum Gasteiger partial charge on any atom is -0.493 e. The molecule has 2 heterocycles. The summed E-state index contributed by atoms with van der Waals surface area (Å²) in [6, 6.07) is 9.33. The van der Waals surface area contributed by atoms with E-state index in [4.69, 9.17) is 37.4 Å². The number of hydrogen-bond donors (Lipinski definition) is 2. The van der Waals surface area contributed by atoms with Crippen molar-refractivity contribution in [2.45, 2.75) is 38.1 Å². The second kappa shape index (κ2) is 13.8. The van der Waals surface area contributed by atoms with Gasteiger partial charge in [-0.05, 0) is 73.7 Å². The fourth-order valence-electron chi connectivity index (χ4n) is 4.86. The highest BCUT2D eigenvalue weighted by atomic mass is 35.5. The highest BCUT2D eigenvalue weighted by Gasteiger charge is 2.25. The number of nitrogens with zero attached hydrogens (tertiary/aromatic N) is 2. The minimum atomic E-state index is -0.0251. The number of aryl methyl sites for hydroxylation is 1. The molecule has 2 unspecified atom stereocenters. The fraction of sp³-hybridized carbons (Fsp3) is 0.414. The quantitative estimate of drug-likeness (QED) is 0.328. The van der Waals surface area contributed by atoms with Crippen molar-refractivity contribution >= 4 is 29.1 Å². The smallest absolute Gasteiger partial charge is 0.220 e. The molecular formula is C29H34Cl2N4O4. The van der Waals surface area contributed by atoms with Gasteiger partial charge in [-0.15, -0.1) is 0 Å². The number of halogens is 2. The van der Waals surface area contributed by atoms with Crippen molar-refractivity contribution in [2.24, 2.45) is 5.92 Å². The average Bonchev–Trinajstić information content (AvgIpc) is 2.97. The molecule has 1 aromatic heterocycles. The van der Waals surface area contributed by atoms with Gasteiger partial charge in [-0.1, -0.05) is 29.3 Å². The molecule has 0 radical (unpaired) electrons. The molecule has 1 aliphatic rings. The zero-order valence-electron chi connectivity index (χ0n) is 22.4. The molecule has 1 fully saturated rings. The van der Waals surface area contributed by atoms with E-state index in [9.17, 15) is 4.79 Å². The number of rotatable bonds is 11. The van der Waals surface area contributed by atoms with Crippen molar-refractivity contribution < 1.29 is 19.0 Å². The summed E-state index contributed by atoms with van der Waals surface area (Å²) in [5, 5.41) is 7.76. The lowest BCUT2D eigenvalue weighted by Crippen LogP contribution is -2.47. The maximum Gasteiger partial charge on any atom is 0.220 e. The molecule has 1 amide bonds. The second-order valence-electron chi connectivity index (χ2n) is 9.54. The number of methoxy groups -OCH3 is 3. The summed E-state index contributed by atoms with van der Waals surface area (Å²) in [5.74, 6) is 2.54. The zero-order chi connectivity index (χ0) is 27.8. The fourth-order valence-corrected chi connectivity index (χ4v) is 5.18. The number of piperidine rings is 1. The molecule has 1 aliphatic heterocycles. The van der Waals surface area contributed by atoms with Crippen LogP contribution < -0.4 is 24.8 Å². The Morgan fingerprint density at radius 3 is 2.33 bits per heavy atom. The van der Waals surface area contributed by atoms with Crippen molar-refractivity contribution in [3.05, 3.63) is 64.2 Å². The van der Waals surface area contributed by atoms with E-state index in [0.29, 0.717) is 58.3 Å². The Hall–Kier alpha value is -3.07. The van der Waals surface area contributed by atoms with Gasteiger partial charge in [-0.25, -0.2) is 9.97 Å². The maximum absolute atomic E-state index is 13.0. The molecule has 1 saturated heterocycles. The molecule has 0 saturated carbocycles. The summed E-state index contributed by atoms with van der Waals surface area (Å²) < 4.78 is 16.3. The number of carbonyl (C=O) groups excluding carboxylic acids is 1. The molecular weight excluding hydrogens is 539 g/mol. The Morgan fingerprint density at radius 2 is 1.74 bits per heavy atom. The Balaban J connectivity index is 1.40. The Labute approximate surface area is 239 Å². The minimum absolute atomic E-state index is 0.00845. The molecule has 39 heavy (non-hydrogen) atoms. The molecule has 10 heteroatoms. The third-order valence-corrected chi connectivity index (χ3v) is 7.71. The van der Waals surface area contributed by atoms with Gasteiger partial charge in [0.1, 0.15) is 5.82 Å². The molecule has 0 aliphatic carbocycles. The summed E-state index contributed by atoms with van der Waals surface area (Å²) in [4.78, 5) is 22.0. The number of benzene rings is 2. The zero-order valence-corrected chi connectivity index (χ0v) is 23.9. The second-order valence-corrected chi connectivity index (χ2v) is 10.3. The normalized spacial score (nSPS) is 15.9. The monoisotopic (exact) mass is 572 g/mol. The summed E-state index contributed by atoms with van der Waals surface area (Å²) in [6.07, 6.45) is 7.04. The van der Waals surface area contributed by atoms with Crippen LogP contribution in [0.1, 0.15) is 30.7 Å². The lowest BCUT2D eigenvalue weighted by Gasteiger charge is -2.31. The largest absolute Gasteiger partial charge is 0.493 e.